The van der Waals surface area contributed by atoms with Crippen LogP contribution >= 0.6 is 11.6 Å². The highest BCUT2D eigenvalue weighted by atomic mass is 35.5. The summed E-state index contributed by atoms with van der Waals surface area (Å²) in [5.74, 6) is 0.827. The van der Waals surface area contributed by atoms with Crippen LogP contribution in [0.4, 0.5) is 16.0 Å². The molecular formula is C20H25ClFN7O. The number of nitrogens with one attached hydrogen (secondary N) is 2. The number of fused-ring (bicyclic) bond motifs is 1. The van der Waals surface area contributed by atoms with Gasteiger partial charge in [-0.1, -0.05) is 18.0 Å². The molecule has 5 rings (SSSR count). The van der Waals surface area contributed by atoms with Crippen molar-refractivity contribution in [2.24, 2.45) is 0 Å². The standard InChI is InChI=1S/C20H25ClFN7O/c1-2-30-19-13-6-8-23-18(13)26-20(27-19)25-15-10-24-29(17(15)21)16-7-9-28(11-14(16)22)12-4-3-5-12/h6,8,10,12,14,16H,2-5,7,9,11H2,1H3,(H2,23,25,26,27)/t14-,16+/m1/s1. The second kappa shape index (κ2) is 8.03. The van der Waals surface area contributed by atoms with Crippen LogP contribution in [0.5, 0.6) is 5.88 Å². The van der Waals surface area contributed by atoms with Crippen molar-refractivity contribution in [3.8, 4) is 5.88 Å². The van der Waals surface area contributed by atoms with Crippen LogP contribution in [0.2, 0.25) is 5.15 Å². The number of hydrogen-bond acceptors (Lipinski definition) is 6. The van der Waals surface area contributed by atoms with E-state index in [1.807, 2.05) is 13.0 Å². The van der Waals surface area contributed by atoms with Gasteiger partial charge in [-0.2, -0.15) is 15.1 Å². The number of anilines is 2. The maximum absolute atomic E-state index is 15.0. The average Bonchev–Trinajstić information content (AvgIpc) is 3.29. The van der Waals surface area contributed by atoms with Gasteiger partial charge < -0.3 is 15.0 Å². The van der Waals surface area contributed by atoms with Crippen LogP contribution in [-0.2, 0) is 0 Å². The molecule has 0 spiro atoms. The topological polar surface area (TPSA) is 83.9 Å². The Morgan fingerprint density at radius 2 is 2.20 bits per heavy atom. The van der Waals surface area contributed by atoms with Gasteiger partial charge in [0.15, 0.2) is 5.15 Å². The summed E-state index contributed by atoms with van der Waals surface area (Å²) in [6.45, 7) is 3.71. The first-order valence-corrected chi connectivity index (χ1v) is 10.9. The second-order valence-electron chi connectivity index (χ2n) is 7.90. The predicted octanol–water partition coefficient (Wildman–Crippen LogP) is 4.09. The molecule has 10 heteroatoms. The van der Waals surface area contributed by atoms with Gasteiger partial charge in [0.05, 0.1) is 29.9 Å². The van der Waals surface area contributed by atoms with E-state index in [2.05, 4.69) is 30.3 Å². The van der Waals surface area contributed by atoms with Crippen molar-refractivity contribution in [1.82, 2.24) is 29.6 Å². The first kappa shape index (κ1) is 19.6. The lowest BCUT2D eigenvalue weighted by atomic mass is 9.89. The van der Waals surface area contributed by atoms with E-state index in [9.17, 15) is 4.39 Å². The number of H-pyrrole nitrogens is 1. The molecule has 1 aliphatic carbocycles. The lowest BCUT2D eigenvalue weighted by Gasteiger charge is -2.43. The van der Waals surface area contributed by atoms with Crippen LogP contribution in [0, 0.1) is 0 Å². The van der Waals surface area contributed by atoms with Gasteiger partial charge in [0.1, 0.15) is 11.8 Å². The Balaban J connectivity index is 1.34. The minimum atomic E-state index is -0.999. The summed E-state index contributed by atoms with van der Waals surface area (Å²) in [7, 11) is 0. The minimum Gasteiger partial charge on any atom is -0.477 e. The molecule has 0 bridgehead atoms. The lowest BCUT2D eigenvalue weighted by molar-refractivity contribution is 0.0302. The minimum absolute atomic E-state index is 0.339. The van der Waals surface area contributed by atoms with Crippen LogP contribution in [0.1, 0.15) is 38.6 Å². The molecule has 3 aromatic heterocycles. The molecule has 4 heterocycles. The quantitative estimate of drug-likeness (QED) is 0.609. The maximum Gasteiger partial charge on any atom is 0.232 e. The van der Waals surface area contributed by atoms with Crippen molar-refractivity contribution in [1.29, 1.82) is 0 Å². The first-order valence-electron chi connectivity index (χ1n) is 10.5. The Morgan fingerprint density at radius 3 is 2.93 bits per heavy atom. The highest BCUT2D eigenvalue weighted by Gasteiger charge is 2.36. The third kappa shape index (κ3) is 3.50. The molecule has 1 aliphatic heterocycles. The van der Waals surface area contributed by atoms with Crippen LogP contribution < -0.4 is 10.1 Å². The molecule has 2 N–H and O–H groups in total. The molecule has 8 nitrogen and oxygen atoms in total. The third-order valence-electron chi connectivity index (χ3n) is 6.09. The Bertz CT molecular complexity index is 1030. The normalized spacial score (nSPS) is 22.9. The van der Waals surface area contributed by atoms with Gasteiger partial charge >= 0.3 is 0 Å². The van der Waals surface area contributed by atoms with E-state index in [1.54, 1.807) is 17.1 Å². The van der Waals surface area contributed by atoms with Gasteiger partial charge in [0.2, 0.25) is 11.8 Å². The highest BCUT2D eigenvalue weighted by molar-refractivity contribution is 6.32. The van der Waals surface area contributed by atoms with E-state index in [1.165, 1.54) is 19.3 Å². The van der Waals surface area contributed by atoms with Crippen molar-refractivity contribution in [3.63, 3.8) is 0 Å². The van der Waals surface area contributed by atoms with Crippen molar-refractivity contribution >= 4 is 34.3 Å². The predicted molar refractivity (Wildman–Crippen MR) is 113 cm³/mol. The van der Waals surface area contributed by atoms with Gasteiger partial charge in [0, 0.05) is 25.3 Å². The maximum atomic E-state index is 15.0. The van der Waals surface area contributed by atoms with Crippen LogP contribution in [0.3, 0.4) is 0 Å². The van der Waals surface area contributed by atoms with E-state index < -0.39 is 6.17 Å². The molecule has 3 aromatic rings. The monoisotopic (exact) mass is 433 g/mol. The molecule has 160 valence electrons. The highest BCUT2D eigenvalue weighted by Crippen LogP contribution is 2.35. The summed E-state index contributed by atoms with van der Waals surface area (Å²) in [5, 5.41) is 8.63. The summed E-state index contributed by atoms with van der Waals surface area (Å²) >= 11 is 6.57. The zero-order valence-electron chi connectivity index (χ0n) is 16.8. The molecular weight excluding hydrogens is 409 g/mol. The number of ether oxygens (including phenoxy) is 1. The number of alkyl halides is 1. The van der Waals surface area contributed by atoms with Crippen molar-refractivity contribution in [2.45, 2.75) is 50.9 Å². The Morgan fingerprint density at radius 1 is 1.33 bits per heavy atom. The number of halogens is 2. The fraction of sp³-hybridized carbons (Fsp3) is 0.550. The number of aromatic amines is 1. The summed E-state index contributed by atoms with van der Waals surface area (Å²) in [6, 6.07) is 2.05. The van der Waals surface area contributed by atoms with Gasteiger partial charge in [-0.3, -0.25) is 4.90 Å². The summed E-state index contributed by atoms with van der Waals surface area (Å²) < 4.78 is 22.2. The Hall–Kier alpha value is -2.39. The van der Waals surface area contributed by atoms with Crippen molar-refractivity contribution in [3.05, 3.63) is 23.6 Å². The van der Waals surface area contributed by atoms with Gasteiger partial charge in [0.25, 0.3) is 0 Å². The number of piperidine rings is 1. The van der Waals surface area contributed by atoms with Crippen LogP contribution in [-0.4, -0.2) is 61.5 Å². The molecule has 0 radical (unpaired) electrons. The van der Waals surface area contributed by atoms with Gasteiger partial charge in [-0.15, -0.1) is 0 Å². The smallest absolute Gasteiger partial charge is 0.232 e. The zero-order valence-corrected chi connectivity index (χ0v) is 17.6. The number of rotatable bonds is 6. The van der Waals surface area contributed by atoms with E-state index >= 15 is 0 Å². The average molecular weight is 434 g/mol. The fourth-order valence-corrected chi connectivity index (χ4v) is 4.54. The van der Waals surface area contributed by atoms with Crippen LogP contribution in [0.15, 0.2) is 18.5 Å². The van der Waals surface area contributed by atoms with E-state index in [0.29, 0.717) is 53.9 Å². The summed E-state index contributed by atoms with van der Waals surface area (Å²) in [4.78, 5) is 14.2. The van der Waals surface area contributed by atoms with E-state index in [0.717, 1.165) is 11.9 Å². The lowest BCUT2D eigenvalue weighted by Crippen LogP contribution is -2.49. The largest absolute Gasteiger partial charge is 0.477 e. The molecule has 0 unspecified atom stereocenters. The SMILES string of the molecule is CCOc1nc(Nc2cnn([C@H]3CCN(C4CCC4)C[C@H]3F)c2Cl)nc2[nH]ccc12. The molecule has 2 fully saturated rings. The number of hydrogen-bond donors (Lipinski definition) is 2. The third-order valence-corrected chi connectivity index (χ3v) is 6.46. The molecule has 2 atom stereocenters. The Labute approximate surface area is 178 Å². The second-order valence-corrected chi connectivity index (χ2v) is 8.25. The molecule has 0 aromatic carbocycles. The van der Waals surface area contributed by atoms with E-state index in [4.69, 9.17) is 16.3 Å². The fourth-order valence-electron chi connectivity index (χ4n) is 4.27. The molecule has 0 amide bonds. The summed E-state index contributed by atoms with van der Waals surface area (Å²) in [5.41, 5.74) is 1.20. The van der Waals surface area contributed by atoms with Gasteiger partial charge in [-0.05, 0) is 32.3 Å². The molecule has 2 aliphatic rings. The molecule has 1 saturated heterocycles. The summed E-state index contributed by atoms with van der Waals surface area (Å²) in [6.07, 6.45) is 6.69. The zero-order chi connectivity index (χ0) is 20.7. The molecule has 30 heavy (non-hydrogen) atoms. The Kier molecular flexibility index (Phi) is 5.24. The first-order chi connectivity index (χ1) is 14.6. The van der Waals surface area contributed by atoms with Crippen LogP contribution in [0.25, 0.3) is 11.0 Å². The number of nitrogens with zero attached hydrogens (tertiary/aromatic N) is 5. The number of aromatic nitrogens is 5. The van der Waals surface area contributed by atoms with E-state index in [-0.39, 0.29) is 6.04 Å². The van der Waals surface area contributed by atoms with Crippen molar-refractivity contribution in [2.75, 3.05) is 25.0 Å². The molecule has 1 saturated carbocycles. The van der Waals surface area contributed by atoms with Crippen molar-refractivity contribution < 1.29 is 9.13 Å². The number of likely N-dealkylation sites (tertiary alicyclic amines) is 1. The van der Waals surface area contributed by atoms with Gasteiger partial charge in [-0.25, -0.2) is 9.07 Å².